The first-order chi connectivity index (χ1) is 17.9. The van der Waals surface area contributed by atoms with Gasteiger partial charge in [0.2, 0.25) is 10.0 Å². The quantitative estimate of drug-likeness (QED) is 0.221. The molecule has 0 spiro atoms. The van der Waals surface area contributed by atoms with Gasteiger partial charge >= 0.3 is 0 Å². The summed E-state index contributed by atoms with van der Waals surface area (Å²) in [5.74, 6) is 0. The number of nitrogens with one attached hydrogen (secondary N) is 1. The molecule has 4 rings (SSSR count). The summed E-state index contributed by atoms with van der Waals surface area (Å²) in [5, 5.41) is 0. The van der Waals surface area contributed by atoms with E-state index < -0.39 is 22.1 Å². The van der Waals surface area contributed by atoms with Crippen LogP contribution in [0.1, 0.15) is 62.2 Å². The fourth-order valence-electron chi connectivity index (χ4n) is 4.80. The Morgan fingerprint density at radius 2 is 0.974 bits per heavy atom. The van der Waals surface area contributed by atoms with Crippen molar-refractivity contribution in [2.24, 2.45) is 5.73 Å². The van der Waals surface area contributed by atoms with Crippen LogP contribution >= 0.6 is 0 Å². The van der Waals surface area contributed by atoms with Crippen LogP contribution in [0.3, 0.4) is 0 Å². The molecule has 0 aliphatic carbocycles. The summed E-state index contributed by atoms with van der Waals surface area (Å²) in [5.41, 5.74) is 16.3. The van der Waals surface area contributed by atoms with Crippen molar-refractivity contribution in [3.05, 3.63) is 135 Å². The van der Waals surface area contributed by atoms with E-state index in [0.717, 1.165) is 27.8 Å². The summed E-state index contributed by atoms with van der Waals surface area (Å²) in [7, 11) is -3.77. The minimum absolute atomic E-state index is 0. The van der Waals surface area contributed by atoms with Crippen LogP contribution in [-0.2, 0) is 29.5 Å². The van der Waals surface area contributed by atoms with Gasteiger partial charge in [-0.3, -0.25) is 0 Å². The standard InChI is InChI=1S/C23H26N2O2S.C10H14.Ru/c1-16-14-17(2)23(18(3)15-16)28(26,27)25-22(20-12-8-5-9-13-20)21(24)19-10-6-4-7-11-19;1-7-5-9(3)10(4)6-8(7)2;/h4-15,21-22,25H,24H2,1-3H3;5-6H,1-4H3;/t21-,22-;;/m0../s1. The van der Waals surface area contributed by atoms with Gasteiger partial charge in [0.25, 0.3) is 0 Å². The molecule has 39 heavy (non-hydrogen) atoms. The van der Waals surface area contributed by atoms with Crippen molar-refractivity contribution >= 4 is 10.0 Å². The topological polar surface area (TPSA) is 72.2 Å². The van der Waals surface area contributed by atoms with Gasteiger partial charge in [-0.2, -0.15) is 0 Å². The second-order valence-corrected chi connectivity index (χ2v) is 11.8. The van der Waals surface area contributed by atoms with Crippen molar-refractivity contribution < 1.29 is 27.9 Å². The molecule has 0 aromatic heterocycles. The van der Waals surface area contributed by atoms with Gasteiger partial charge in [0.15, 0.2) is 0 Å². The molecule has 4 nitrogen and oxygen atoms in total. The average Bonchev–Trinajstić information content (AvgIpc) is 2.86. The van der Waals surface area contributed by atoms with E-state index in [1.165, 1.54) is 22.3 Å². The van der Waals surface area contributed by atoms with Gasteiger partial charge in [0.05, 0.1) is 17.0 Å². The number of hydrogen-bond donors (Lipinski definition) is 2. The molecular weight excluding hydrogens is 590 g/mol. The van der Waals surface area contributed by atoms with Crippen LogP contribution in [0.4, 0.5) is 0 Å². The summed E-state index contributed by atoms with van der Waals surface area (Å²) in [4.78, 5) is 0.319. The third-order valence-electron chi connectivity index (χ3n) is 6.97. The molecule has 0 aliphatic heterocycles. The maximum absolute atomic E-state index is 13.3. The third kappa shape index (κ3) is 8.43. The molecule has 0 saturated heterocycles. The Morgan fingerprint density at radius 1 is 0.590 bits per heavy atom. The Labute approximate surface area is 247 Å². The van der Waals surface area contributed by atoms with Crippen LogP contribution in [0.15, 0.2) is 89.8 Å². The number of rotatable bonds is 6. The molecule has 3 N–H and O–H groups in total. The van der Waals surface area contributed by atoms with E-state index in [1.807, 2.05) is 93.6 Å². The molecule has 0 aliphatic rings. The molecule has 4 aromatic rings. The largest absolute Gasteiger partial charge is 0.322 e. The summed E-state index contributed by atoms with van der Waals surface area (Å²) in [6.45, 7) is 14.2. The van der Waals surface area contributed by atoms with Crippen LogP contribution in [-0.4, -0.2) is 8.42 Å². The number of aryl methyl sites for hydroxylation is 7. The zero-order chi connectivity index (χ0) is 28.0. The molecule has 0 amide bonds. The molecule has 0 saturated carbocycles. The van der Waals surface area contributed by atoms with Crippen LogP contribution in [0.25, 0.3) is 0 Å². The Bertz CT molecular complexity index is 1410. The normalized spacial score (nSPS) is 12.5. The second kappa shape index (κ2) is 14.1. The van der Waals surface area contributed by atoms with Crippen molar-refractivity contribution in [1.29, 1.82) is 0 Å². The molecule has 0 unspecified atom stereocenters. The molecule has 0 radical (unpaired) electrons. The van der Waals surface area contributed by atoms with E-state index in [9.17, 15) is 8.42 Å². The number of nitrogens with two attached hydrogens (primary N) is 1. The first-order valence-electron chi connectivity index (χ1n) is 12.9. The molecule has 6 heteroatoms. The molecule has 0 bridgehead atoms. The van der Waals surface area contributed by atoms with Crippen LogP contribution in [0.2, 0.25) is 0 Å². The Hall–Kier alpha value is -2.63. The van der Waals surface area contributed by atoms with Gasteiger partial charge in [-0.05, 0) is 93.0 Å². The van der Waals surface area contributed by atoms with Crippen LogP contribution in [0, 0.1) is 48.5 Å². The van der Waals surface area contributed by atoms with E-state index in [1.54, 1.807) is 0 Å². The van der Waals surface area contributed by atoms with Crippen molar-refractivity contribution in [1.82, 2.24) is 4.72 Å². The Balaban J connectivity index is 0.000000410. The van der Waals surface area contributed by atoms with E-state index in [2.05, 4.69) is 44.5 Å². The third-order valence-corrected chi connectivity index (χ3v) is 8.71. The first-order valence-corrected chi connectivity index (χ1v) is 14.4. The first kappa shape index (κ1) is 32.6. The van der Waals surface area contributed by atoms with Crippen molar-refractivity contribution in [3.63, 3.8) is 0 Å². The molecule has 0 heterocycles. The number of sulfonamides is 1. The number of hydrogen-bond acceptors (Lipinski definition) is 3. The second-order valence-electron chi connectivity index (χ2n) is 10.2. The van der Waals surface area contributed by atoms with E-state index in [-0.39, 0.29) is 19.5 Å². The van der Waals surface area contributed by atoms with Gasteiger partial charge in [0.1, 0.15) is 0 Å². The molecule has 2 atom stereocenters. The van der Waals surface area contributed by atoms with Gasteiger partial charge in [0, 0.05) is 19.5 Å². The predicted molar refractivity (Wildman–Crippen MR) is 159 cm³/mol. The number of benzene rings is 4. The van der Waals surface area contributed by atoms with Crippen molar-refractivity contribution in [3.8, 4) is 0 Å². The van der Waals surface area contributed by atoms with Crippen LogP contribution < -0.4 is 10.5 Å². The average molecular weight is 630 g/mol. The summed E-state index contributed by atoms with van der Waals surface area (Å²) in [6.07, 6.45) is 0. The van der Waals surface area contributed by atoms with Gasteiger partial charge in [-0.1, -0.05) is 90.5 Å². The summed E-state index contributed by atoms with van der Waals surface area (Å²) in [6, 6.07) is 26.1. The van der Waals surface area contributed by atoms with Crippen LogP contribution in [0.5, 0.6) is 0 Å². The minimum Gasteiger partial charge on any atom is -0.322 e. The van der Waals surface area contributed by atoms with Gasteiger partial charge in [-0.15, -0.1) is 0 Å². The minimum atomic E-state index is -3.77. The molecule has 0 fully saturated rings. The zero-order valence-corrected chi connectivity index (χ0v) is 26.4. The van der Waals surface area contributed by atoms with Gasteiger partial charge in [-0.25, -0.2) is 13.1 Å². The molecule has 4 aromatic carbocycles. The van der Waals surface area contributed by atoms with E-state index in [4.69, 9.17) is 5.73 Å². The van der Waals surface area contributed by atoms with Gasteiger partial charge < -0.3 is 5.73 Å². The fourth-order valence-corrected chi connectivity index (χ4v) is 6.50. The van der Waals surface area contributed by atoms with E-state index >= 15 is 0 Å². The zero-order valence-electron chi connectivity index (χ0n) is 23.9. The van der Waals surface area contributed by atoms with Crippen molar-refractivity contribution in [2.45, 2.75) is 65.4 Å². The van der Waals surface area contributed by atoms with E-state index in [0.29, 0.717) is 4.90 Å². The maximum atomic E-state index is 13.3. The van der Waals surface area contributed by atoms with Crippen molar-refractivity contribution in [2.75, 3.05) is 0 Å². The monoisotopic (exact) mass is 630 g/mol. The Kier molecular flexibility index (Phi) is 11.8. The SMILES string of the molecule is Cc1cc(C)c(C)cc1C.Cc1cc(C)c(S(=O)(=O)N[C@@H](c2ccccc2)[C@@H](N)c2ccccc2)c(C)c1.[Ru]. The molecule has 208 valence electrons. The molecular formula is C33H40N2O2RuS. The maximum Gasteiger partial charge on any atom is 0.241 e. The predicted octanol–water partition coefficient (Wildman–Crippen LogP) is 7.25. The summed E-state index contributed by atoms with van der Waals surface area (Å²) < 4.78 is 29.5. The Morgan fingerprint density at radius 3 is 1.38 bits per heavy atom. The summed E-state index contributed by atoms with van der Waals surface area (Å²) >= 11 is 0. The fraction of sp³-hybridized carbons (Fsp3) is 0.273. The smallest absolute Gasteiger partial charge is 0.241 e.